The number of piperazine rings is 1. The molecule has 0 saturated carbocycles. The van der Waals surface area contributed by atoms with Gasteiger partial charge in [0.2, 0.25) is 5.91 Å². The molecule has 0 bridgehead atoms. The third-order valence-corrected chi connectivity index (χ3v) is 5.85. The van der Waals surface area contributed by atoms with Crippen LogP contribution in [0.5, 0.6) is 5.75 Å². The van der Waals surface area contributed by atoms with E-state index in [0.717, 1.165) is 16.9 Å². The van der Waals surface area contributed by atoms with E-state index in [1.54, 1.807) is 57.0 Å². The fourth-order valence-electron chi connectivity index (χ4n) is 3.89. The summed E-state index contributed by atoms with van der Waals surface area (Å²) in [7, 11) is 1.60. The van der Waals surface area contributed by atoms with E-state index in [1.807, 2.05) is 24.3 Å². The molecule has 1 heterocycles. The minimum absolute atomic E-state index is 0.0970. The van der Waals surface area contributed by atoms with Crippen molar-refractivity contribution in [2.24, 2.45) is 0 Å². The summed E-state index contributed by atoms with van der Waals surface area (Å²) < 4.78 is 10.5. The number of carbonyl (C=O) groups is 3. The number of hydrogen-bond acceptors (Lipinski definition) is 6. The number of benzene rings is 2. The third kappa shape index (κ3) is 8.38. The number of nitrogens with one attached hydrogen (secondary N) is 2. The normalized spacial score (nSPS) is 15.6. The Morgan fingerprint density at radius 2 is 1.65 bits per heavy atom. The number of hydrogen-bond donors (Lipinski definition) is 3. The summed E-state index contributed by atoms with van der Waals surface area (Å²) in [6, 6.07) is 13.6. The maximum absolute atomic E-state index is 12.9. The zero-order chi connectivity index (χ0) is 27.0. The third-order valence-electron chi connectivity index (χ3n) is 5.85. The number of methoxy groups -OCH3 is 1. The Morgan fingerprint density at radius 3 is 2.24 bits per heavy atom. The van der Waals surface area contributed by atoms with E-state index in [0.29, 0.717) is 25.3 Å². The Labute approximate surface area is 217 Å². The van der Waals surface area contributed by atoms with Gasteiger partial charge in [-0.2, -0.15) is 0 Å². The largest absolute Gasteiger partial charge is 0.497 e. The molecule has 37 heavy (non-hydrogen) atoms. The summed E-state index contributed by atoms with van der Waals surface area (Å²) in [6.07, 6.45) is -0.316. The van der Waals surface area contributed by atoms with Gasteiger partial charge in [0.15, 0.2) is 0 Å². The predicted molar refractivity (Wildman–Crippen MR) is 139 cm³/mol. The summed E-state index contributed by atoms with van der Waals surface area (Å²) >= 11 is 0. The van der Waals surface area contributed by atoms with Gasteiger partial charge in [0, 0.05) is 31.9 Å². The fraction of sp³-hybridized carbons (Fsp3) is 0.444. The molecule has 1 saturated heterocycles. The molecule has 0 spiro atoms. The lowest BCUT2D eigenvalue weighted by molar-refractivity contribution is -0.134. The summed E-state index contributed by atoms with van der Waals surface area (Å²) in [5, 5.41) is 15.4. The molecule has 1 fully saturated rings. The van der Waals surface area contributed by atoms with Gasteiger partial charge in [-0.15, -0.1) is 0 Å². The molecule has 0 aromatic heterocycles. The van der Waals surface area contributed by atoms with Gasteiger partial charge in [0.25, 0.3) is 0 Å². The van der Waals surface area contributed by atoms with E-state index in [9.17, 15) is 19.5 Å². The van der Waals surface area contributed by atoms with Crippen molar-refractivity contribution in [3.63, 3.8) is 0 Å². The highest BCUT2D eigenvalue weighted by Gasteiger charge is 2.34. The van der Waals surface area contributed by atoms with Gasteiger partial charge < -0.3 is 30.1 Å². The topological polar surface area (TPSA) is 120 Å². The van der Waals surface area contributed by atoms with Crippen molar-refractivity contribution in [1.29, 1.82) is 0 Å². The zero-order valence-corrected chi connectivity index (χ0v) is 21.8. The Hall–Kier alpha value is -3.79. The summed E-state index contributed by atoms with van der Waals surface area (Å²) in [5.41, 5.74) is 1.71. The lowest BCUT2D eigenvalue weighted by Gasteiger charge is -2.41. The van der Waals surface area contributed by atoms with Crippen molar-refractivity contribution < 1.29 is 29.0 Å². The molecule has 4 amide bonds. The number of anilines is 1. The predicted octanol–water partition coefficient (Wildman–Crippen LogP) is 3.00. The SMILES string of the molecule is COc1ccc(CNC(=O)Nc2ccc(CC(=O)N3CCN(C(=O)OC(C)(C)C)[C@H](CO)C3)cc2)cc1. The van der Waals surface area contributed by atoms with E-state index in [1.165, 1.54) is 4.90 Å². The number of aliphatic hydroxyl groups is 1. The highest BCUT2D eigenvalue weighted by Crippen LogP contribution is 2.18. The molecule has 1 aliphatic rings. The number of ether oxygens (including phenoxy) is 2. The molecule has 3 N–H and O–H groups in total. The molecule has 0 aliphatic carbocycles. The van der Waals surface area contributed by atoms with Crippen LogP contribution < -0.4 is 15.4 Å². The van der Waals surface area contributed by atoms with Crippen molar-refractivity contribution in [2.45, 2.75) is 45.4 Å². The van der Waals surface area contributed by atoms with E-state index < -0.39 is 17.7 Å². The Kier molecular flexibility index (Phi) is 9.35. The molecular weight excluding hydrogens is 476 g/mol. The quantitative estimate of drug-likeness (QED) is 0.525. The van der Waals surface area contributed by atoms with Gasteiger partial charge in [-0.3, -0.25) is 9.69 Å². The van der Waals surface area contributed by atoms with Crippen molar-refractivity contribution in [3.05, 3.63) is 59.7 Å². The van der Waals surface area contributed by atoms with Gasteiger partial charge in [0.1, 0.15) is 11.4 Å². The number of aliphatic hydroxyl groups excluding tert-OH is 1. The van der Waals surface area contributed by atoms with E-state index in [2.05, 4.69) is 10.6 Å². The van der Waals surface area contributed by atoms with E-state index >= 15 is 0 Å². The first kappa shape index (κ1) is 27.8. The molecule has 1 atom stereocenters. The number of carbonyl (C=O) groups excluding carboxylic acids is 3. The maximum Gasteiger partial charge on any atom is 0.410 e. The summed E-state index contributed by atoms with van der Waals surface area (Å²) in [5.74, 6) is 0.656. The Balaban J connectivity index is 1.47. The highest BCUT2D eigenvalue weighted by atomic mass is 16.6. The lowest BCUT2D eigenvalue weighted by atomic mass is 10.1. The molecule has 2 aromatic rings. The minimum atomic E-state index is -0.637. The van der Waals surface area contributed by atoms with Crippen LogP contribution in [0.4, 0.5) is 15.3 Å². The number of rotatable bonds is 7. The van der Waals surface area contributed by atoms with Crippen molar-refractivity contribution in [2.75, 3.05) is 38.7 Å². The fourth-order valence-corrected chi connectivity index (χ4v) is 3.89. The van der Waals surface area contributed by atoms with E-state index in [-0.39, 0.29) is 31.5 Å². The first-order valence-electron chi connectivity index (χ1n) is 12.2. The van der Waals surface area contributed by atoms with Gasteiger partial charge >= 0.3 is 12.1 Å². The van der Waals surface area contributed by atoms with Gasteiger partial charge in [-0.1, -0.05) is 24.3 Å². The van der Waals surface area contributed by atoms with Crippen LogP contribution in [0.2, 0.25) is 0 Å². The number of nitrogens with zero attached hydrogens (tertiary/aromatic N) is 2. The Bertz CT molecular complexity index is 1070. The van der Waals surface area contributed by atoms with Crippen LogP contribution >= 0.6 is 0 Å². The molecule has 2 aromatic carbocycles. The van der Waals surface area contributed by atoms with Crippen LogP contribution in [0.15, 0.2) is 48.5 Å². The van der Waals surface area contributed by atoms with Gasteiger partial charge in [-0.05, 0) is 56.2 Å². The smallest absolute Gasteiger partial charge is 0.410 e. The van der Waals surface area contributed by atoms with Crippen LogP contribution in [0.25, 0.3) is 0 Å². The standard InChI is InChI=1S/C27H36N4O6/c1-27(2,3)37-26(35)31-14-13-30(17-22(31)18-32)24(33)15-19-5-9-21(10-6-19)29-25(34)28-16-20-7-11-23(36-4)12-8-20/h5-12,22,32H,13-18H2,1-4H3,(H2,28,29,34)/t22-/m0/s1. The van der Waals surface area contributed by atoms with Crippen LogP contribution in [-0.2, 0) is 22.5 Å². The highest BCUT2D eigenvalue weighted by molar-refractivity contribution is 5.89. The summed E-state index contributed by atoms with van der Waals surface area (Å²) in [6.45, 7) is 6.37. The zero-order valence-electron chi connectivity index (χ0n) is 21.8. The number of amides is 4. The van der Waals surface area contributed by atoms with Crippen molar-refractivity contribution in [3.8, 4) is 5.75 Å². The van der Waals surface area contributed by atoms with Gasteiger partial charge in [-0.25, -0.2) is 9.59 Å². The second-order valence-electron chi connectivity index (χ2n) is 9.88. The van der Waals surface area contributed by atoms with Crippen LogP contribution in [0, 0.1) is 0 Å². The molecule has 10 heteroatoms. The van der Waals surface area contributed by atoms with Crippen LogP contribution in [0.1, 0.15) is 31.9 Å². The van der Waals surface area contributed by atoms with Gasteiger partial charge in [0.05, 0.1) is 26.2 Å². The first-order valence-corrected chi connectivity index (χ1v) is 12.2. The molecule has 3 rings (SSSR count). The lowest BCUT2D eigenvalue weighted by Crippen LogP contribution is -2.58. The molecule has 10 nitrogen and oxygen atoms in total. The van der Waals surface area contributed by atoms with Crippen molar-refractivity contribution in [1.82, 2.24) is 15.1 Å². The molecule has 1 aliphatic heterocycles. The molecular formula is C27H36N4O6. The summed E-state index contributed by atoms with van der Waals surface area (Å²) in [4.78, 5) is 40.7. The average molecular weight is 513 g/mol. The minimum Gasteiger partial charge on any atom is -0.497 e. The second kappa shape index (κ2) is 12.4. The van der Waals surface area contributed by atoms with Crippen molar-refractivity contribution >= 4 is 23.7 Å². The number of urea groups is 1. The molecule has 0 radical (unpaired) electrons. The Morgan fingerprint density at radius 1 is 1.00 bits per heavy atom. The molecule has 0 unspecified atom stereocenters. The monoisotopic (exact) mass is 512 g/mol. The van der Waals surface area contributed by atoms with E-state index in [4.69, 9.17) is 9.47 Å². The molecule has 200 valence electrons. The second-order valence-corrected chi connectivity index (χ2v) is 9.88. The first-order chi connectivity index (χ1) is 17.6. The van der Waals surface area contributed by atoms with Crippen LogP contribution in [-0.4, -0.2) is 77.9 Å². The van der Waals surface area contributed by atoms with Crippen LogP contribution in [0.3, 0.4) is 0 Å². The maximum atomic E-state index is 12.9. The average Bonchev–Trinajstić information content (AvgIpc) is 2.87.